The number of hydrogen-bond donors (Lipinski definition) is 1. The van der Waals surface area contributed by atoms with E-state index in [1.54, 1.807) is 11.0 Å². The molecule has 1 amide bonds. The average molecular weight is 522 g/mol. The highest BCUT2D eigenvalue weighted by Gasteiger charge is 2.24. The van der Waals surface area contributed by atoms with Crippen molar-refractivity contribution in [2.24, 2.45) is 0 Å². The van der Waals surface area contributed by atoms with E-state index in [2.05, 4.69) is 0 Å². The van der Waals surface area contributed by atoms with E-state index in [1.165, 1.54) is 18.9 Å². The molecular formula is C30H35NO5S. The minimum atomic E-state index is -0.810. The third-order valence-corrected chi connectivity index (χ3v) is 6.57. The first-order chi connectivity index (χ1) is 17.6. The highest BCUT2D eigenvalue weighted by molar-refractivity contribution is 7.98. The van der Waals surface area contributed by atoms with Gasteiger partial charge in [-0.3, -0.25) is 0 Å². The first kappa shape index (κ1) is 28.3. The Morgan fingerprint density at radius 3 is 2.22 bits per heavy atom. The standard InChI is InChI=1S/C30H35NO5S/c1-30(2,3)36-29(34)31(20-26(32)23-9-7-6-8-10-23)18-17-21-11-13-22(14-12-21)24-15-16-25(28(33)35-4)27(19-24)37-5/h6-16,19,26,32H,17-18,20H2,1-5H3/t26-/m1/s1. The summed E-state index contributed by atoms with van der Waals surface area (Å²) in [6.07, 6.45) is 1.28. The van der Waals surface area contributed by atoms with Gasteiger partial charge in [-0.2, -0.15) is 0 Å². The lowest BCUT2D eigenvalue weighted by Gasteiger charge is -2.29. The number of aliphatic hydroxyl groups excluding tert-OH is 1. The van der Waals surface area contributed by atoms with Crippen LogP contribution in [0.3, 0.4) is 0 Å². The topological polar surface area (TPSA) is 76.1 Å². The van der Waals surface area contributed by atoms with Gasteiger partial charge in [-0.25, -0.2) is 9.59 Å². The zero-order chi connectivity index (χ0) is 27.0. The Balaban J connectivity index is 1.72. The minimum Gasteiger partial charge on any atom is -0.465 e. The Labute approximate surface area is 223 Å². The highest BCUT2D eigenvalue weighted by Crippen LogP contribution is 2.29. The van der Waals surface area contributed by atoms with E-state index < -0.39 is 17.8 Å². The Morgan fingerprint density at radius 1 is 0.973 bits per heavy atom. The molecule has 0 saturated heterocycles. The number of benzene rings is 3. The number of hydrogen-bond acceptors (Lipinski definition) is 6. The lowest BCUT2D eigenvalue weighted by atomic mass is 10.0. The minimum absolute atomic E-state index is 0.140. The van der Waals surface area contributed by atoms with Crippen LogP contribution in [0.5, 0.6) is 0 Å². The van der Waals surface area contributed by atoms with Crippen molar-refractivity contribution < 1.29 is 24.2 Å². The van der Waals surface area contributed by atoms with Crippen molar-refractivity contribution in [2.75, 3.05) is 26.5 Å². The maximum atomic E-state index is 12.9. The summed E-state index contributed by atoms with van der Waals surface area (Å²) in [7, 11) is 1.38. The van der Waals surface area contributed by atoms with Gasteiger partial charge in [-0.1, -0.05) is 60.7 Å². The molecule has 37 heavy (non-hydrogen) atoms. The molecular weight excluding hydrogens is 486 g/mol. The summed E-state index contributed by atoms with van der Waals surface area (Å²) in [6.45, 7) is 6.03. The third kappa shape index (κ3) is 8.10. The van der Waals surface area contributed by atoms with Gasteiger partial charge >= 0.3 is 12.1 Å². The van der Waals surface area contributed by atoms with Crippen LogP contribution in [0, 0.1) is 0 Å². The summed E-state index contributed by atoms with van der Waals surface area (Å²) >= 11 is 1.50. The number of thioether (sulfide) groups is 1. The van der Waals surface area contributed by atoms with Crippen LogP contribution in [0.15, 0.2) is 77.7 Å². The number of ether oxygens (including phenoxy) is 2. The van der Waals surface area contributed by atoms with Crippen LogP contribution in [0.1, 0.15) is 48.4 Å². The van der Waals surface area contributed by atoms with Crippen LogP contribution in [0.2, 0.25) is 0 Å². The number of carbonyl (C=O) groups is 2. The van der Waals surface area contributed by atoms with Gasteiger partial charge in [0.25, 0.3) is 0 Å². The van der Waals surface area contributed by atoms with Crippen molar-refractivity contribution in [1.82, 2.24) is 4.90 Å². The second kappa shape index (κ2) is 12.8. The molecule has 0 aliphatic heterocycles. The lowest BCUT2D eigenvalue weighted by molar-refractivity contribution is 0.0147. The van der Waals surface area contributed by atoms with E-state index in [0.717, 1.165) is 27.1 Å². The molecule has 1 N–H and O–H groups in total. The Morgan fingerprint density at radius 2 is 1.62 bits per heavy atom. The van der Waals surface area contributed by atoms with Crippen molar-refractivity contribution in [3.05, 3.63) is 89.5 Å². The second-order valence-electron chi connectivity index (χ2n) is 9.71. The van der Waals surface area contributed by atoms with E-state index in [4.69, 9.17) is 9.47 Å². The normalized spacial score (nSPS) is 12.1. The van der Waals surface area contributed by atoms with Crippen LogP contribution in [-0.4, -0.2) is 54.1 Å². The molecule has 3 aromatic rings. The van der Waals surface area contributed by atoms with Gasteiger partial charge in [0, 0.05) is 11.4 Å². The maximum Gasteiger partial charge on any atom is 0.410 e. The summed E-state index contributed by atoms with van der Waals surface area (Å²) in [6, 6.07) is 23.1. The molecule has 0 aliphatic carbocycles. The smallest absolute Gasteiger partial charge is 0.410 e. The summed E-state index contributed by atoms with van der Waals surface area (Å²) < 4.78 is 10.5. The van der Waals surface area contributed by atoms with Gasteiger partial charge in [0.1, 0.15) is 5.60 Å². The van der Waals surface area contributed by atoms with Gasteiger partial charge < -0.3 is 19.5 Å². The van der Waals surface area contributed by atoms with E-state index in [9.17, 15) is 14.7 Å². The monoisotopic (exact) mass is 521 g/mol. The number of methoxy groups -OCH3 is 1. The molecule has 1 atom stereocenters. The molecule has 0 bridgehead atoms. The first-order valence-corrected chi connectivity index (χ1v) is 13.4. The van der Waals surface area contributed by atoms with Crippen molar-refractivity contribution >= 4 is 23.8 Å². The Hall–Kier alpha value is -3.29. The van der Waals surface area contributed by atoms with Gasteiger partial charge in [0.2, 0.25) is 0 Å². The number of carbonyl (C=O) groups excluding carboxylic acids is 2. The van der Waals surface area contributed by atoms with Crippen LogP contribution in [0.25, 0.3) is 11.1 Å². The third-order valence-electron chi connectivity index (χ3n) is 5.79. The Kier molecular flexibility index (Phi) is 9.78. The molecule has 3 rings (SSSR count). The quantitative estimate of drug-likeness (QED) is 0.260. The van der Waals surface area contributed by atoms with Crippen molar-refractivity contribution in [3.8, 4) is 11.1 Å². The summed E-state index contributed by atoms with van der Waals surface area (Å²) in [5.74, 6) is -0.349. The molecule has 0 aromatic heterocycles. The van der Waals surface area contributed by atoms with Gasteiger partial charge in [0.05, 0.1) is 25.3 Å². The molecule has 0 fully saturated rings. The molecule has 3 aromatic carbocycles. The zero-order valence-corrected chi connectivity index (χ0v) is 22.9. The van der Waals surface area contributed by atoms with Crippen molar-refractivity contribution in [1.29, 1.82) is 0 Å². The largest absolute Gasteiger partial charge is 0.465 e. The van der Waals surface area contributed by atoms with Crippen LogP contribution >= 0.6 is 11.8 Å². The highest BCUT2D eigenvalue weighted by atomic mass is 32.2. The fourth-order valence-corrected chi connectivity index (χ4v) is 4.47. The van der Waals surface area contributed by atoms with Crippen LogP contribution < -0.4 is 0 Å². The average Bonchev–Trinajstić information content (AvgIpc) is 2.89. The molecule has 0 saturated carbocycles. The van der Waals surface area contributed by atoms with Gasteiger partial charge in [0.15, 0.2) is 0 Å². The van der Waals surface area contributed by atoms with Crippen LogP contribution in [0.4, 0.5) is 4.79 Å². The molecule has 0 unspecified atom stereocenters. The zero-order valence-electron chi connectivity index (χ0n) is 22.1. The number of amides is 1. The molecule has 196 valence electrons. The molecule has 0 spiro atoms. The van der Waals surface area contributed by atoms with Gasteiger partial charge in [-0.05, 0) is 67.8 Å². The Bertz CT molecular complexity index is 1190. The number of aliphatic hydroxyl groups is 1. The maximum absolute atomic E-state index is 12.9. The van der Waals surface area contributed by atoms with Crippen molar-refractivity contribution in [2.45, 2.75) is 43.8 Å². The molecule has 6 nitrogen and oxygen atoms in total. The van der Waals surface area contributed by atoms with E-state index >= 15 is 0 Å². The molecule has 0 radical (unpaired) electrons. The second-order valence-corrected chi connectivity index (χ2v) is 10.6. The predicted molar refractivity (Wildman–Crippen MR) is 148 cm³/mol. The molecule has 0 aliphatic rings. The molecule has 7 heteroatoms. The number of nitrogens with zero attached hydrogens (tertiary/aromatic N) is 1. The summed E-state index contributed by atoms with van der Waals surface area (Å²) in [5, 5.41) is 10.7. The van der Waals surface area contributed by atoms with Crippen LogP contribution in [-0.2, 0) is 15.9 Å². The van der Waals surface area contributed by atoms with E-state index in [-0.39, 0.29) is 12.5 Å². The predicted octanol–water partition coefficient (Wildman–Crippen LogP) is 6.38. The van der Waals surface area contributed by atoms with E-state index in [0.29, 0.717) is 18.5 Å². The van der Waals surface area contributed by atoms with Crippen molar-refractivity contribution in [3.63, 3.8) is 0 Å². The summed E-state index contributed by atoms with van der Waals surface area (Å²) in [4.78, 5) is 27.3. The first-order valence-electron chi connectivity index (χ1n) is 12.2. The number of rotatable bonds is 9. The fourth-order valence-electron chi connectivity index (χ4n) is 3.85. The molecule has 0 heterocycles. The van der Waals surface area contributed by atoms with Gasteiger partial charge in [-0.15, -0.1) is 11.8 Å². The lowest BCUT2D eigenvalue weighted by Crippen LogP contribution is -2.40. The number of esters is 1. The van der Waals surface area contributed by atoms with E-state index in [1.807, 2.05) is 93.8 Å². The fraction of sp³-hybridized carbons (Fsp3) is 0.333. The summed E-state index contributed by atoms with van der Waals surface area (Å²) in [5.41, 5.74) is 3.76. The SMILES string of the molecule is COC(=O)c1ccc(-c2ccc(CCN(C[C@@H](O)c3ccccc3)C(=O)OC(C)(C)C)cc2)cc1SC.